The van der Waals surface area contributed by atoms with E-state index in [-0.39, 0.29) is 18.4 Å². The highest BCUT2D eigenvalue weighted by molar-refractivity contribution is 5.87. The summed E-state index contributed by atoms with van der Waals surface area (Å²) < 4.78 is 5.46. The van der Waals surface area contributed by atoms with Crippen LogP contribution in [0.25, 0.3) is 0 Å². The molecular formula is C22H30N4O5. The van der Waals surface area contributed by atoms with E-state index in [4.69, 9.17) is 4.74 Å². The van der Waals surface area contributed by atoms with Crippen LogP contribution in [0, 0.1) is 11.8 Å². The van der Waals surface area contributed by atoms with E-state index in [1.165, 1.54) is 0 Å². The number of hydrogen-bond donors (Lipinski definition) is 3. The lowest BCUT2D eigenvalue weighted by atomic mass is 9.76. The van der Waals surface area contributed by atoms with Crippen molar-refractivity contribution in [2.75, 3.05) is 31.1 Å². The Balaban J connectivity index is 1.34. The molecule has 1 saturated heterocycles. The van der Waals surface area contributed by atoms with Gasteiger partial charge in [-0.2, -0.15) is 0 Å². The molecule has 0 bridgehead atoms. The van der Waals surface area contributed by atoms with E-state index in [2.05, 4.69) is 22.3 Å². The van der Waals surface area contributed by atoms with Crippen molar-refractivity contribution in [2.45, 2.75) is 44.2 Å². The molecule has 0 aromatic heterocycles. The highest BCUT2D eigenvalue weighted by atomic mass is 16.6. The second kappa shape index (κ2) is 9.55. The summed E-state index contributed by atoms with van der Waals surface area (Å²) in [6.07, 6.45) is 2.19. The van der Waals surface area contributed by atoms with Gasteiger partial charge in [0.2, 0.25) is 11.8 Å². The number of rotatable bonds is 5. The predicted octanol–water partition coefficient (Wildman–Crippen LogP) is 1.51. The van der Waals surface area contributed by atoms with Gasteiger partial charge in [0.05, 0.1) is 11.8 Å². The molecule has 168 valence electrons. The first-order valence-corrected chi connectivity index (χ1v) is 11.0. The van der Waals surface area contributed by atoms with Crippen molar-refractivity contribution in [2.24, 2.45) is 11.8 Å². The third-order valence-corrected chi connectivity index (χ3v) is 6.45. The number of alkyl carbamates (subject to hydrolysis) is 1. The molecule has 31 heavy (non-hydrogen) atoms. The third kappa shape index (κ3) is 5.28. The van der Waals surface area contributed by atoms with Gasteiger partial charge in [0.25, 0.3) is 0 Å². The zero-order chi connectivity index (χ0) is 21.8. The van der Waals surface area contributed by atoms with Gasteiger partial charge in [-0.3, -0.25) is 14.8 Å². The number of amides is 3. The van der Waals surface area contributed by atoms with Crippen LogP contribution in [0.5, 0.6) is 0 Å². The summed E-state index contributed by atoms with van der Waals surface area (Å²) >= 11 is 0. The van der Waals surface area contributed by atoms with Gasteiger partial charge in [0.1, 0.15) is 6.10 Å². The van der Waals surface area contributed by atoms with E-state index < -0.39 is 29.9 Å². The van der Waals surface area contributed by atoms with Crippen molar-refractivity contribution < 1.29 is 24.3 Å². The number of ether oxygens (including phenoxy) is 1. The standard InChI is InChI=1S/C22H30N4O5/c27-20(24-30)19-14-17(31-22(29)23-15-6-7-15)8-9-18(19)21(28)26-12-10-25(11-13-26)16-4-2-1-3-5-16/h1-5,15,17-19,30H,6-14H2,(H,23,29)(H,24,27)/t17-,18-,19-/m0/s1. The second-order valence-corrected chi connectivity index (χ2v) is 8.60. The van der Waals surface area contributed by atoms with Gasteiger partial charge in [-0.1, -0.05) is 18.2 Å². The van der Waals surface area contributed by atoms with Crippen LogP contribution in [0.1, 0.15) is 32.1 Å². The molecule has 0 radical (unpaired) electrons. The summed E-state index contributed by atoms with van der Waals surface area (Å²) in [5.74, 6) is -1.92. The number of hydrogen-bond acceptors (Lipinski definition) is 6. The highest BCUT2D eigenvalue weighted by Gasteiger charge is 2.42. The number of hydroxylamine groups is 1. The molecule has 1 aromatic carbocycles. The second-order valence-electron chi connectivity index (χ2n) is 8.60. The van der Waals surface area contributed by atoms with Gasteiger partial charge in [-0.05, 0) is 44.2 Å². The van der Waals surface area contributed by atoms with Crippen LogP contribution >= 0.6 is 0 Å². The summed E-state index contributed by atoms with van der Waals surface area (Å²) in [5, 5.41) is 12.0. The minimum Gasteiger partial charge on any atom is -0.446 e. The average Bonchev–Trinajstić information content (AvgIpc) is 3.62. The molecule has 0 unspecified atom stereocenters. The molecule has 2 aliphatic carbocycles. The first-order chi connectivity index (χ1) is 15.0. The van der Waals surface area contributed by atoms with E-state index in [1.54, 1.807) is 5.48 Å². The Labute approximate surface area is 181 Å². The number of piperazine rings is 1. The summed E-state index contributed by atoms with van der Waals surface area (Å²) in [6.45, 7) is 2.63. The maximum atomic E-state index is 13.2. The highest BCUT2D eigenvalue weighted by Crippen LogP contribution is 2.34. The van der Waals surface area contributed by atoms with Crippen LogP contribution in [0.3, 0.4) is 0 Å². The number of nitrogens with zero attached hydrogens (tertiary/aromatic N) is 2. The van der Waals surface area contributed by atoms with Crippen molar-refractivity contribution in [1.29, 1.82) is 0 Å². The van der Waals surface area contributed by atoms with E-state index in [1.807, 2.05) is 23.1 Å². The van der Waals surface area contributed by atoms with Gasteiger partial charge >= 0.3 is 6.09 Å². The molecule has 4 rings (SSSR count). The number of anilines is 1. The van der Waals surface area contributed by atoms with Gasteiger partial charge < -0.3 is 19.9 Å². The molecule has 1 aromatic rings. The van der Waals surface area contributed by atoms with Gasteiger partial charge in [-0.25, -0.2) is 10.3 Å². The van der Waals surface area contributed by atoms with Crippen molar-refractivity contribution >= 4 is 23.6 Å². The van der Waals surface area contributed by atoms with Crippen molar-refractivity contribution in [3.05, 3.63) is 30.3 Å². The molecule has 9 heteroatoms. The molecule has 3 aliphatic rings. The first-order valence-electron chi connectivity index (χ1n) is 11.0. The molecule has 2 saturated carbocycles. The molecule has 1 heterocycles. The van der Waals surface area contributed by atoms with Crippen molar-refractivity contribution in [1.82, 2.24) is 15.7 Å². The van der Waals surface area contributed by atoms with Crippen LogP contribution in [-0.2, 0) is 14.3 Å². The summed E-state index contributed by atoms with van der Waals surface area (Å²) in [6, 6.07) is 10.3. The van der Waals surface area contributed by atoms with Crippen LogP contribution in [-0.4, -0.2) is 66.3 Å². The predicted molar refractivity (Wildman–Crippen MR) is 112 cm³/mol. The molecule has 3 amide bonds. The Morgan fingerprint density at radius 3 is 2.29 bits per heavy atom. The zero-order valence-electron chi connectivity index (χ0n) is 17.5. The average molecular weight is 431 g/mol. The molecule has 3 N–H and O–H groups in total. The molecule has 1 aliphatic heterocycles. The molecule has 3 fully saturated rings. The fourth-order valence-electron chi connectivity index (χ4n) is 4.55. The fourth-order valence-corrected chi connectivity index (χ4v) is 4.55. The molecular weight excluding hydrogens is 400 g/mol. The number of benzene rings is 1. The van der Waals surface area contributed by atoms with Gasteiger partial charge in [0.15, 0.2) is 0 Å². The smallest absolute Gasteiger partial charge is 0.407 e. The maximum Gasteiger partial charge on any atom is 0.407 e. The molecule has 3 atom stereocenters. The van der Waals surface area contributed by atoms with Crippen molar-refractivity contribution in [3.8, 4) is 0 Å². The Morgan fingerprint density at radius 2 is 1.65 bits per heavy atom. The zero-order valence-corrected chi connectivity index (χ0v) is 17.5. The normalized spacial score (nSPS) is 26.2. The third-order valence-electron chi connectivity index (χ3n) is 6.45. The summed E-state index contributed by atoms with van der Waals surface area (Å²) in [5.41, 5.74) is 2.83. The van der Waals surface area contributed by atoms with Crippen LogP contribution < -0.4 is 15.7 Å². The summed E-state index contributed by atoms with van der Waals surface area (Å²) in [7, 11) is 0. The number of para-hydroxylation sites is 1. The number of nitrogens with one attached hydrogen (secondary N) is 2. The lowest BCUT2D eigenvalue weighted by Gasteiger charge is -2.40. The number of carbonyl (C=O) groups is 3. The van der Waals surface area contributed by atoms with Gasteiger partial charge in [-0.15, -0.1) is 0 Å². The molecule has 0 spiro atoms. The quantitative estimate of drug-likeness (QED) is 0.482. The Hall–Kier alpha value is -2.81. The monoisotopic (exact) mass is 430 g/mol. The number of carbonyl (C=O) groups excluding carboxylic acids is 3. The summed E-state index contributed by atoms with van der Waals surface area (Å²) in [4.78, 5) is 41.6. The van der Waals surface area contributed by atoms with Crippen LogP contribution in [0.4, 0.5) is 10.5 Å². The topological polar surface area (TPSA) is 111 Å². The Bertz CT molecular complexity index is 792. The van der Waals surface area contributed by atoms with Crippen LogP contribution in [0.15, 0.2) is 30.3 Å². The molecule has 9 nitrogen and oxygen atoms in total. The maximum absolute atomic E-state index is 13.2. The van der Waals surface area contributed by atoms with E-state index in [9.17, 15) is 19.6 Å². The van der Waals surface area contributed by atoms with E-state index in [0.29, 0.717) is 25.9 Å². The SMILES string of the molecule is O=C(NC1CC1)O[C@H]1CC[C@H](C(=O)N2CCN(c3ccccc3)CC2)[C@@H](C(=O)NO)C1. The minimum atomic E-state index is -0.725. The van der Waals surface area contributed by atoms with E-state index in [0.717, 1.165) is 31.6 Å². The first kappa shape index (κ1) is 21.4. The lowest BCUT2D eigenvalue weighted by molar-refractivity contribution is -0.149. The fraction of sp³-hybridized carbons (Fsp3) is 0.591. The largest absolute Gasteiger partial charge is 0.446 e. The minimum absolute atomic E-state index is 0.0674. The lowest BCUT2D eigenvalue weighted by Crippen LogP contribution is -2.53. The Morgan fingerprint density at radius 1 is 0.935 bits per heavy atom. The Kier molecular flexibility index (Phi) is 6.60. The van der Waals surface area contributed by atoms with Crippen molar-refractivity contribution in [3.63, 3.8) is 0 Å². The van der Waals surface area contributed by atoms with Gasteiger partial charge in [0, 0.05) is 37.9 Å². The van der Waals surface area contributed by atoms with Crippen LogP contribution in [0.2, 0.25) is 0 Å². The van der Waals surface area contributed by atoms with E-state index >= 15 is 0 Å².